The van der Waals surface area contributed by atoms with Crippen LogP contribution in [0, 0.1) is 0 Å². The zero-order chi connectivity index (χ0) is 25.2. The number of ether oxygens (including phenoxy) is 2. The molecule has 1 aromatic heterocycles. The molecule has 2 unspecified atom stereocenters. The van der Waals surface area contributed by atoms with E-state index < -0.39 is 17.7 Å². The zero-order valence-electron chi connectivity index (χ0n) is 20.3. The Labute approximate surface area is 210 Å². The molecular weight excluding hydrogens is 456 g/mol. The summed E-state index contributed by atoms with van der Waals surface area (Å²) in [5.41, 5.74) is 3.01. The number of amides is 1. The number of ketones is 1. The molecule has 2 aliphatic heterocycles. The van der Waals surface area contributed by atoms with Gasteiger partial charge in [0.15, 0.2) is 0 Å². The molecule has 0 spiro atoms. The number of rotatable bonds is 7. The summed E-state index contributed by atoms with van der Waals surface area (Å²) in [7, 11) is 0. The fourth-order valence-corrected chi connectivity index (χ4v) is 4.77. The first kappa shape index (κ1) is 23.6. The van der Waals surface area contributed by atoms with Crippen molar-refractivity contribution < 1.29 is 24.2 Å². The smallest absolute Gasteiger partial charge is 0.295 e. The molecule has 2 atom stereocenters. The number of likely N-dealkylation sites (tertiary alicyclic amines) is 1. The van der Waals surface area contributed by atoms with Crippen molar-refractivity contribution in [3.8, 4) is 11.5 Å². The Bertz CT molecular complexity index is 1320. The van der Waals surface area contributed by atoms with Crippen LogP contribution in [0.4, 0.5) is 0 Å². The van der Waals surface area contributed by atoms with Gasteiger partial charge < -0.3 is 19.5 Å². The van der Waals surface area contributed by atoms with Crippen molar-refractivity contribution in [1.29, 1.82) is 0 Å². The monoisotopic (exact) mass is 484 g/mol. The first-order valence-electron chi connectivity index (χ1n) is 12.2. The number of benzene rings is 2. The van der Waals surface area contributed by atoms with Crippen LogP contribution in [0.2, 0.25) is 0 Å². The predicted octanol–water partition coefficient (Wildman–Crippen LogP) is 4.82. The number of pyridine rings is 1. The fourth-order valence-electron chi connectivity index (χ4n) is 4.77. The Hall–Kier alpha value is -4.13. The maximum Gasteiger partial charge on any atom is 0.295 e. The minimum absolute atomic E-state index is 0.0518. The van der Waals surface area contributed by atoms with Gasteiger partial charge in [-0.3, -0.25) is 14.6 Å². The highest BCUT2D eigenvalue weighted by Gasteiger charge is 2.46. The van der Waals surface area contributed by atoms with Gasteiger partial charge in [-0.1, -0.05) is 25.1 Å². The molecule has 5 rings (SSSR count). The summed E-state index contributed by atoms with van der Waals surface area (Å²) >= 11 is 0. The van der Waals surface area contributed by atoms with E-state index in [1.807, 2.05) is 50.2 Å². The van der Waals surface area contributed by atoms with Crippen LogP contribution in [0.5, 0.6) is 11.5 Å². The van der Waals surface area contributed by atoms with Crippen molar-refractivity contribution in [2.75, 3.05) is 6.61 Å². The first-order chi connectivity index (χ1) is 17.5. The molecule has 2 aromatic carbocycles. The summed E-state index contributed by atoms with van der Waals surface area (Å²) in [6.07, 6.45) is 4.98. The van der Waals surface area contributed by atoms with E-state index in [0.29, 0.717) is 29.9 Å². The molecule has 7 nitrogen and oxygen atoms in total. The van der Waals surface area contributed by atoms with Gasteiger partial charge in [0.05, 0.1) is 18.2 Å². The Kier molecular flexibility index (Phi) is 6.46. The van der Waals surface area contributed by atoms with Crippen molar-refractivity contribution >= 4 is 17.4 Å². The van der Waals surface area contributed by atoms with Crippen LogP contribution >= 0.6 is 0 Å². The highest BCUT2D eigenvalue weighted by atomic mass is 16.5. The molecule has 0 aliphatic carbocycles. The lowest BCUT2D eigenvalue weighted by Gasteiger charge is -2.25. The maximum absolute atomic E-state index is 13.3. The Morgan fingerprint density at radius 1 is 1.17 bits per heavy atom. The van der Waals surface area contributed by atoms with Gasteiger partial charge in [0.1, 0.15) is 23.4 Å². The fraction of sp³-hybridized carbons (Fsp3) is 0.276. The lowest BCUT2D eigenvalue weighted by atomic mass is 9.94. The molecule has 0 radical (unpaired) electrons. The largest absolute Gasteiger partial charge is 0.507 e. The maximum atomic E-state index is 13.3. The average Bonchev–Trinajstić information content (AvgIpc) is 3.39. The van der Waals surface area contributed by atoms with Crippen LogP contribution < -0.4 is 9.47 Å². The normalized spacial score (nSPS) is 20.3. The lowest BCUT2D eigenvalue weighted by Crippen LogP contribution is -2.29. The van der Waals surface area contributed by atoms with Gasteiger partial charge in [0, 0.05) is 30.9 Å². The topological polar surface area (TPSA) is 89.0 Å². The number of carbonyl (C=O) groups excluding carboxylic acids is 2. The number of Topliss-reactive ketones (excluding diaryl/α,β-unsaturated/α-hetero) is 1. The van der Waals surface area contributed by atoms with Gasteiger partial charge >= 0.3 is 0 Å². The highest BCUT2D eigenvalue weighted by Crippen LogP contribution is 2.41. The molecular formula is C29H28N2O5. The molecule has 1 saturated heterocycles. The number of carbonyl (C=O) groups is 2. The second-order valence-electron chi connectivity index (χ2n) is 9.16. The van der Waals surface area contributed by atoms with E-state index in [4.69, 9.17) is 9.47 Å². The third kappa shape index (κ3) is 4.44. The summed E-state index contributed by atoms with van der Waals surface area (Å²) in [6, 6.07) is 15.6. The molecule has 0 saturated carbocycles. The second kappa shape index (κ2) is 9.85. The third-order valence-corrected chi connectivity index (χ3v) is 6.45. The molecule has 184 valence electrons. The molecule has 0 bridgehead atoms. The van der Waals surface area contributed by atoms with Gasteiger partial charge in [-0.2, -0.15) is 0 Å². The number of aliphatic hydroxyl groups excluding tert-OH is 1. The van der Waals surface area contributed by atoms with Gasteiger partial charge in [-0.15, -0.1) is 0 Å². The van der Waals surface area contributed by atoms with Gasteiger partial charge in [-0.25, -0.2) is 0 Å². The predicted molar refractivity (Wildman–Crippen MR) is 135 cm³/mol. The van der Waals surface area contributed by atoms with E-state index in [9.17, 15) is 14.7 Å². The van der Waals surface area contributed by atoms with Crippen molar-refractivity contribution in [2.45, 2.75) is 45.4 Å². The molecule has 1 amide bonds. The van der Waals surface area contributed by atoms with Gasteiger partial charge in [0.25, 0.3) is 11.7 Å². The van der Waals surface area contributed by atoms with Crippen molar-refractivity contribution in [2.24, 2.45) is 0 Å². The second-order valence-corrected chi connectivity index (χ2v) is 9.16. The lowest BCUT2D eigenvalue weighted by molar-refractivity contribution is -0.140. The third-order valence-electron chi connectivity index (χ3n) is 6.45. The quantitative estimate of drug-likeness (QED) is 0.294. The summed E-state index contributed by atoms with van der Waals surface area (Å²) < 4.78 is 11.5. The number of nitrogens with zero attached hydrogens (tertiary/aromatic N) is 2. The SMILES string of the molecule is CCCOc1ccc(C2/C(=C(\O)c3ccc4c(c3)CC(C)O4)C(=O)C(=O)N2Cc2cccnc2)cc1. The summed E-state index contributed by atoms with van der Waals surface area (Å²) in [4.78, 5) is 32.2. The van der Waals surface area contributed by atoms with Crippen molar-refractivity contribution in [3.05, 3.63) is 94.8 Å². The molecule has 3 heterocycles. The number of hydrogen-bond acceptors (Lipinski definition) is 6. The zero-order valence-corrected chi connectivity index (χ0v) is 20.3. The van der Waals surface area contributed by atoms with Gasteiger partial charge in [-0.05, 0) is 66.4 Å². The van der Waals surface area contributed by atoms with Crippen LogP contribution in [-0.4, -0.2) is 39.4 Å². The number of fused-ring (bicyclic) bond motifs is 1. The molecule has 1 N–H and O–H groups in total. The summed E-state index contributed by atoms with van der Waals surface area (Å²) in [6.45, 7) is 4.80. The van der Waals surface area contributed by atoms with E-state index in [0.717, 1.165) is 23.3 Å². The molecule has 1 fully saturated rings. The van der Waals surface area contributed by atoms with Crippen LogP contribution in [0.3, 0.4) is 0 Å². The van der Waals surface area contributed by atoms with Crippen molar-refractivity contribution in [3.63, 3.8) is 0 Å². The standard InChI is InChI=1S/C29H28N2O5/c1-3-13-35-23-9-6-20(7-10-23)26-25(27(32)21-8-11-24-22(15-21)14-18(2)36-24)28(33)29(34)31(26)17-19-5-4-12-30-16-19/h4-12,15-16,18,26,32H,3,13-14,17H2,1-2H3/b27-25+. The Morgan fingerprint density at radius 3 is 2.69 bits per heavy atom. The first-order valence-corrected chi connectivity index (χ1v) is 12.2. The number of aliphatic hydroxyl groups is 1. The summed E-state index contributed by atoms with van der Waals surface area (Å²) in [5.74, 6) is -0.0822. The van der Waals surface area contributed by atoms with Crippen LogP contribution in [-0.2, 0) is 22.6 Å². The van der Waals surface area contributed by atoms with E-state index in [1.54, 1.807) is 30.6 Å². The number of aromatic nitrogens is 1. The molecule has 7 heteroatoms. The number of hydrogen-bond donors (Lipinski definition) is 1. The molecule has 36 heavy (non-hydrogen) atoms. The minimum atomic E-state index is -0.756. The molecule has 2 aliphatic rings. The van der Waals surface area contributed by atoms with Crippen LogP contribution in [0.15, 0.2) is 72.6 Å². The Balaban J connectivity index is 1.58. The molecule has 3 aromatic rings. The van der Waals surface area contributed by atoms with Crippen LogP contribution in [0.1, 0.15) is 48.6 Å². The van der Waals surface area contributed by atoms with Crippen molar-refractivity contribution in [1.82, 2.24) is 9.88 Å². The highest BCUT2D eigenvalue weighted by molar-refractivity contribution is 6.46. The van der Waals surface area contributed by atoms with E-state index in [2.05, 4.69) is 4.98 Å². The van der Waals surface area contributed by atoms with E-state index in [-0.39, 0.29) is 24.0 Å². The van der Waals surface area contributed by atoms with E-state index >= 15 is 0 Å². The van der Waals surface area contributed by atoms with Crippen LogP contribution in [0.25, 0.3) is 5.76 Å². The van der Waals surface area contributed by atoms with E-state index in [1.165, 1.54) is 4.90 Å². The summed E-state index contributed by atoms with van der Waals surface area (Å²) in [5, 5.41) is 11.4. The average molecular weight is 485 g/mol. The van der Waals surface area contributed by atoms with Gasteiger partial charge in [0.2, 0.25) is 0 Å². The Morgan fingerprint density at radius 2 is 1.97 bits per heavy atom. The minimum Gasteiger partial charge on any atom is -0.507 e.